The van der Waals surface area contributed by atoms with Gasteiger partial charge in [-0.05, 0) is 13.8 Å². The molecule has 1 atom stereocenters. The largest absolute Gasteiger partial charge is 0.585 e. The third-order valence-electron chi connectivity index (χ3n) is 2.59. The van der Waals surface area contributed by atoms with Gasteiger partial charge in [0.1, 0.15) is 0 Å². The lowest BCUT2D eigenvalue weighted by molar-refractivity contribution is -0.165. The molecule has 1 aromatic carbocycles. The first kappa shape index (κ1) is 14.3. The van der Waals surface area contributed by atoms with Crippen molar-refractivity contribution in [2.45, 2.75) is 13.8 Å². The van der Waals surface area contributed by atoms with Crippen molar-refractivity contribution in [1.82, 2.24) is 4.81 Å². The monoisotopic (exact) mass is 253 g/mol. The van der Waals surface area contributed by atoms with Gasteiger partial charge in [-0.15, -0.1) is 4.81 Å². The number of para-hydroxylation sites is 1. The third-order valence-corrected chi connectivity index (χ3v) is 2.59. The van der Waals surface area contributed by atoms with Gasteiger partial charge in [0.15, 0.2) is 5.69 Å². The Bertz CT molecular complexity index is 440. The number of amides is 1. The lowest BCUT2D eigenvalue weighted by Gasteiger charge is -2.35. The third kappa shape index (κ3) is 2.56. The van der Waals surface area contributed by atoms with Gasteiger partial charge in [-0.1, -0.05) is 18.2 Å². The molecule has 1 unspecified atom stereocenters. The number of carbonyl (C=O) groups excluding carboxylic acids is 2. The molecule has 0 fully saturated rings. The van der Waals surface area contributed by atoms with Crippen LogP contribution in [0.25, 0.3) is 0 Å². The van der Waals surface area contributed by atoms with Gasteiger partial charge in [0.25, 0.3) is 6.47 Å². The zero-order valence-corrected chi connectivity index (χ0v) is 10.5. The number of hydrogen-bond acceptors (Lipinski definition) is 5. The number of nitrogens with zero attached hydrogens (tertiary/aromatic N) is 1. The van der Waals surface area contributed by atoms with Gasteiger partial charge >= 0.3 is 5.91 Å². The van der Waals surface area contributed by atoms with Crippen LogP contribution in [0, 0.1) is 19.1 Å². The predicted octanol–water partition coefficient (Wildman–Crippen LogP) is 1.37. The maximum atomic E-state index is 12.5. The van der Waals surface area contributed by atoms with Gasteiger partial charge < -0.3 is 9.94 Å². The van der Waals surface area contributed by atoms with Crippen LogP contribution in [0.3, 0.4) is 0 Å². The van der Waals surface area contributed by atoms with Crippen LogP contribution in [-0.2, 0) is 19.2 Å². The van der Waals surface area contributed by atoms with E-state index in [2.05, 4.69) is 4.74 Å². The number of hydroxylamine groups is 2. The summed E-state index contributed by atoms with van der Waals surface area (Å²) in [7, 11) is 1.14. The van der Waals surface area contributed by atoms with E-state index in [9.17, 15) is 14.8 Å². The Morgan fingerprint density at radius 3 is 2.39 bits per heavy atom. The highest BCUT2D eigenvalue weighted by Crippen LogP contribution is 2.30. The van der Waals surface area contributed by atoms with Crippen LogP contribution in [-0.4, -0.2) is 26.1 Å². The lowest BCUT2D eigenvalue weighted by atomic mass is 10.1. The van der Waals surface area contributed by atoms with E-state index >= 15 is 0 Å². The molecule has 6 nitrogen and oxygen atoms in total. The molecule has 0 radical (unpaired) electrons. The number of aryl methyl sites for hydroxylation is 2. The molecular weight excluding hydrogens is 238 g/mol. The number of quaternary nitrogens is 1. The van der Waals surface area contributed by atoms with E-state index in [0.717, 1.165) is 7.11 Å². The highest BCUT2D eigenvalue weighted by atomic mass is 16.9. The number of carbonyl (C=O) groups is 2. The molecule has 0 saturated carbocycles. The number of benzene rings is 1. The molecule has 0 spiro atoms. The van der Waals surface area contributed by atoms with Crippen LogP contribution in [0.5, 0.6) is 0 Å². The maximum Gasteiger partial charge on any atom is 0.389 e. The molecule has 0 bridgehead atoms. The second-order valence-electron chi connectivity index (χ2n) is 3.78. The molecule has 0 aliphatic heterocycles. The number of ether oxygens (including phenoxy) is 1. The molecule has 0 aliphatic rings. The zero-order chi connectivity index (χ0) is 13.8. The lowest BCUT2D eigenvalue weighted by Crippen LogP contribution is -2.50. The summed E-state index contributed by atoms with van der Waals surface area (Å²) in [6, 6.07) is 5.20. The first-order valence-corrected chi connectivity index (χ1v) is 5.28. The van der Waals surface area contributed by atoms with Crippen molar-refractivity contribution in [3.8, 4) is 0 Å². The van der Waals surface area contributed by atoms with Crippen LogP contribution in [0.2, 0.25) is 0 Å². The summed E-state index contributed by atoms with van der Waals surface area (Å²) in [4.78, 5) is 25.1. The summed E-state index contributed by atoms with van der Waals surface area (Å²) in [5.41, 5.74) is 1.47. The van der Waals surface area contributed by atoms with Crippen molar-refractivity contribution >= 4 is 18.1 Å². The van der Waals surface area contributed by atoms with Gasteiger partial charge in [0, 0.05) is 11.1 Å². The van der Waals surface area contributed by atoms with Crippen molar-refractivity contribution < 1.29 is 19.2 Å². The first-order valence-electron chi connectivity index (χ1n) is 5.28. The van der Waals surface area contributed by atoms with E-state index < -0.39 is 17.3 Å². The van der Waals surface area contributed by atoms with Crippen molar-refractivity contribution in [2.24, 2.45) is 0 Å². The van der Waals surface area contributed by atoms with Crippen molar-refractivity contribution in [2.75, 3.05) is 13.7 Å². The van der Waals surface area contributed by atoms with E-state index in [1.165, 1.54) is 0 Å². The molecule has 0 aliphatic carbocycles. The summed E-state index contributed by atoms with van der Waals surface area (Å²) in [5, 5.41) is 12.5. The Morgan fingerprint density at radius 2 is 1.94 bits per heavy atom. The molecular formula is C12H15NO5. The number of rotatable bonds is 5. The minimum absolute atomic E-state index is 0.114. The Balaban J connectivity index is 3.22. The Kier molecular flexibility index (Phi) is 4.55. The minimum Gasteiger partial charge on any atom is -0.585 e. The van der Waals surface area contributed by atoms with Crippen molar-refractivity contribution in [3.05, 3.63) is 34.5 Å². The average molecular weight is 253 g/mol. The van der Waals surface area contributed by atoms with Gasteiger partial charge in [-0.2, -0.15) is 4.84 Å². The first-order chi connectivity index (χ1) is 8.47. The van der Waals surface area contributed by atoms with Gasteiger partial charge in [0.2, 0.25) is 6.61 Å². The van der Waals surface area contributed by atoms with E-state index in [-0.39, 0.29) is 12.2 Å². The second kappa shape index (κ2) is 5.72. The van der Waals surface area contributed by atoms with Crippen LogP contribution < -0.4 is 4.81 Å². The molecule has 1 amide bonds. The molecule has 0 saturated heterocycles. The fourth-order valence-corrected chi connectivity index (χ4v) is 1.78. The second-order valence-corrected chi connectivity index (χ2v) is 3.78. The van der Waals surface area contributed by atoms with Gasteiger partial charge in [-0.25, -0.2) is 4.79 Å². The van der Waals surface area contributed by atoms with Crippen molar-refractivity contribution in [1.29, 1.82) is 0 Å². The van der Waals surface area contributed by atoms with Gasteiger partial charge in [0.05, 0.1) is 7.11 Å². The smallest absolute Gasteiger partial charge is 0.389 e. The Hall–Kier alpha value is -1.76. The highest BCUT2D eigenvalue weighted by molar-refractivity contribution is 5.90. The highest BCUT2D eigenvalue weighted by Gasteiger charge is 2.35. The van der Waals surface area contributed by atoms with Gasteiger partial charge in [-0.3, -0.25) is 4.79 Å². The maximum absolute atomic E-state index is 12.5. The molecule has 0 N–H and O–H groups in total. The van der Waals surface area contributed by atoms with Crippen LogP contribution >= 0.6 is 0 Å². The average Bonchev–Trinajstić information content (AvgIpc) is 2.35. The van der Waals surface area contributed by atoms with Crippen molar-refractivity contribution in [3.63, 3.8) is 0 Å². The van der Waals surface area contributed by atoms with E-state index in [1.54, 1.807) is 32.0 Å². The van der Waals surface area contributed by atoms with E-state index in [4.69, 9.17) is 4.84 Å². The topological polar surface area (TPSA) is 75.7 Å². The molecule has 98 valence electrons. The summed E-state index contributed by atoms with van der Waals surface area (Å²) in [6.45, 7) is 2.90. The standard InChI is InChI=1S/C12H15NO5/c1-9-5-4-6-10(2)12(9)13(16,17-3)11(15)7-18-8-14/h4-6,8H,7H2,1-3H3. The summed E-state index contributed by atoms with van der Waals surface area (Å²) >= 11 is 0. The normalized spacial score (nSPS) is 13.8. The molecule has 1 rings (SSSR count). The van der Waals surface area contributed by atoms with Crippen LogP contribution in [0.1, 0.15) is 11.1 Å². The molecule has 0 heterocycles. The summed E-state index contributed by atoms with van der Waals surface area (Å²) < 4.78 is 4.32. The number of hydrogen-bond donors (Lipinski definition) is 0. The predicted molar refractivity (Wildman–Crippen MR) is 65.1 cm³/mol. The minimum atomic E-state index is -1.60. The SMILES string of the molecule is CO[N+]([O-])(C(=O)COC=O)c1c(C)cccc1C. The molecule has 1 aromatic rings. The Morgan fingerprint density at radius 1 is 1.39 bits per heavy atom. The summed E-state index contributed by atoms with van der Waals surface area (Å²) in [6.07, 6.45) is 0. The Labute approximate surface area is 105 Å². The van der Waals surface area contributed by atoms with E-state index in [1.807, 2.05) is 0 Å². The fourth-order valence-electron chi connectivity index (χ4n) is 1.78. The molecule has 0 aromatic heterocycles. The zero-order valence-electron chi connectivity index (χ0n) is 10.5. The van der Waals surface area contributed by atoms with Crippen LogP contribution in [0.4, 0.5) is 5.69 Å². The summed E-state index contributed by atoms with van der Waals surface area (Å²) in [5.74, 6) is -0.901. The van der Waals surface area contributed by atoms with E-state index in [0.29, 0.717) is 11.1 Å². The molecule has 6 heteroatoms. The van der Waals surface area contributed by atoms with Crippen LogP contribution in [0.15, 0.2) is 18.2 Å². The quantitative estimate of drug-likeness (QED) is 0.450. The molecule has 18 heavy (non-hydrogen) atoms. The fraction of sp³-hybridized carbons (Fsp3) is 0.333.